The zero-order chi connectivity index (χ0) is 23.2. The second-order valence-electron chi connectivity index (χ2n) is 8.67. The second-order valence-corrected chi connectivity index (χ2v) is 8.67. The first-order valence-electron chi connectivity index (χ1n) is 11.6. The average Bonchev–Trinajstić information content (AvgIpc) is 3.43. The number of carbonyl (C=O) groups is 1. The molecule has 1 unspecified atom stereocenters. The molecule has 1 aromatic heterocycles. The number of rotatable bonds is 10. The van der Waals surface area contributed by atoms with Gasteiger partial charge in [0.05, 0.1) is 12.7 Å². The van der Waals surface area contributed by atoms with E-state index in [1.807, 2.05) is 67.3 Å². The Morgan fingerprint density at radius 2 is 1.82 bits per heavy atom. The van der Waals surface area contributed by atoms with Crippen LogP contribution in [-0.2, 0) is 11.3 Å². The number of hydrogen-bond donors (Lipinski definition) is 0. The van der Waals surface area contributed by atoms with Gasteiger partial charge in [0.2, 0.25) is 5.91 Å². The molecule has 1 atom stereocenters. The van der Waals surface area contributed by atoms with E-state index in [1.54, 1.807) is 0 Å². The van der Waals surface area contributed by atoms with Crippen molar-refractivity contribution in [3.63, 3.8) is 0 Å². The summed E-state index contributed by atoms with van der Waals surface area (Å²) in [6.07, 6.45) is 2.65. The quantitative estimate of drug-likeness (QED) is 0.395. The Balaban J connectivity index is 1.35. The fourth-order valence-corrected chi connectivity index (χ4v) is 3.81. The van der Waals surface area contributed by atoms with Gasteiger partial charge in [-0.25, -0.2) is 0 Å². The molecule has 0 radical (unpaired) electrons. The summed E-state index contributed by atoms with van der Waals surface area (Å²) in [4.78, 5) is 19.0. The van der Waals surface area contributed by atoms with E-state index in [0.29, 0.717) is 37.8 Å². The summed E-state index contributed by atoms with van der Waals surface area (Å²) in [6.45, 7) is 7.98. The first-order valence-corrected chi connectivity index (χ1v) is 11.6. The maximum Gasteiger partial charge on any atom is 0.257 e. The summed E-state index contributed by atoms with van der Waals surface area (Å²) in [7, 11) is 0. The molecular formula is C26H31N3O4. The third-order valence-corrected chi connectivity index (χ3v) is 5.56. The van der Waals surface area contributed by atoms with Crippen molar-refractivity contribution < 1.29 is 18.8 Å². The van der Waals surface area contributed by atoms with Crippen LogP contribution in [0, 0.1) is 0 Å². The van der Waals surface area contributed by atoms with E-state index in [4.69, 9.17) is 14.0 Å². The molecule has 1 amide bonds. The molecular weight excluding hydrogens is 418 g/mol. The Hall–Kier alpha value is -3.35. The zero-order valence-electron chi connectivity index (χ0n) is 19.5. The maximum absolute atomic E-state index is 12.6. The van der Waals surface area contributed by atoms with Crippen LogP contribution >= 0.6 is 0 Å². The molecule has 0 saturated carbocycles. The normalized spacial score (nSPS) is 15.9. The molecule has 0 bridgehead atoms. The molecule has 1 saturated heterocycles. The second kappa shape index (κ2) is 10.5. The maximum atomic E-state index is 12.6. The highest BCUT2D eigenvalue weighted by molar-refractivity contribution is 5.79. The summed E-state index contributed by atoms with van der Waals surface area (Å²) in [5, 5.41) is 4.16. The molecule has 33 heavy (non-hydrogen) atoms. The SMILES string of the molecule is CCCCOc1ccc(-c2nc(C3CC(=O)N(Cc4ccc(OC(C)C)cc4)C3)no2)cc1. The number of amides is 1. The number of nitrogens with zero attached hydrogens (tertiary/aromatic N) is 3. The van der Waals surface area contributed by atoms with E-state index in [9.17, 15) is 4.79 Å². The van der Waals surface area contributed by atoms with E-state index >= 15 is 0 Å². The van der Waals surface area contributed by atoms with Crippen molar-refractivity contribution in [1.82, 2.24) is 15.0 Å². The van der Waals surface area contributed by atoms with Gasteiger partial charge in [0.25, 0.3) is 5.89 Å². The van der Waals surface area contributed by atoms with E-state index < -0.39 is 0 Å². The van der Waals surface area contributed by atoms with Gasteiger partial charge in [-0.05, 0) is 62.2 Å². The topological polar surface area (TPSA) is 77.7 Å². The number of aromatic nitrogens is 2. The van der Waals surface area contributed by atoms with Gasteiger partial charge >= 0.3 is 0 Å². The molecule has 0 spiro atoms. The zero-order valence-corrected chi connectivity index (χ0v) is 19.5. The number of likely N-dealkylation sites (tertiary alicyclic amines) is 1. The fourth-order valence-electron chi connectivity index (χ4n) is 3.81. The van der Waals surface area contributed by atoms with E-state index in [1.165, 1.54) is 0 Å². The summed E-state index contributed by atoms with van der Waals surface area (Å²) in [6, 6.07) is 15.5. The average molecular weight is 450 g/mol. The van der Waals surface area contributed by atoms with Crippen LogP contribution in [0.1, 0.15) is 57.3 Å². The number of unbranched alkanes of at least 4 members (excludes halogenated alkanes) is 1. The molecule has 1 aliphatic heterocycles. The summed E-state index contributed by atoms with van der Waals surface area (Å²) in [5.41, 5.74) is 1.90. The number of carbonyl (C=O) groups excluding carboxylic acids is 1. The number of benzene rings is 2. The minimum Gasteiger partial charge on any atom is -0.494 e. The monoisotopic (exact) mass is 449 g/mol. The highest BCUT2D eigenvalue weighted by Gasteiger charge is 2.33. The fraction of sp³-hybridized carbons (Fsp3) is 0.423. The predicted octanol–water partition coefficient (Wildman–Crippen LogP) is 5.22. The minimum absolute atomic E-state index is 0.0739. The van der Waals surface area contributed by atoms with Gasteiger partial charge in [0.1, 0.15) is 11.5 Å². The lowest BCUT2D eigenvalue weighted by Gasteiger charge is -2.17. The first kappa shape index (κ1) is 22.8. The molecule has 174 valence electrons. The third-order valence-electron chi connectivity index (χ3n) is 5.56. The van der Waals surface area contributed by atoms with Crippen LogP contribution in [0.15, 0.2) is 53.1 Å². The van der Waals surface area contributed by atoms with Crippen LogP contribution in [0.5, 0.6) is 11.5 Å². The summed E-state index contributed by atoms with van der Waals surface area (Å²) in [5.74, 6) is 2.71. The molecule has 7 nitrogen and oxygen atoms in total. The Kier molecular flexibility index (Phi) is 7.27. The van der Waals surface area contributed by atoms with E-state index in [-0.39, 0.29) is 17.9 Å². The van der Waals surface area contributed by atoms with Gasteiger partial charge in [0.15, 0.2) is 5.82 Å². The van der Waals surface area contributed by atoms with Gasteiger partial charge in [-0.3, -0.25) is 4.79 Å². The molecule has 4 rings (SSSR count). The lowest BCUT2D eigenvalue weighted by atomic mass is 10.1. The van der Waals surface area contributed by atoms with Crippen LogP contribution in [-0.4, -0.2) is 40.2 Å². The van der Waals surface area contributed by atoms with Crippen molar-refractivity contribution in [2.75, 3.05) is 13.2 Å². The van der Waals surface area contributed by atoms with Gasteiger partial charge in [-0.2, -0.15) is 4.98 Å². The largest absolute Gasteiger partial charge is 0.494 e. The van der Waals surface area contributed by atoms with Gasteiger partial charge in [0, 0.05) is 31.0 Å². The summed E-state index contributed by atoms with van der Waals surface area (Å²) < 4.78 is 16.9. The number of hydrogen-bond acceptors (Lipinski definition) is 6. The minimum atomic E-state index is -0.0739. The molecule has 1 fully saturated rings. The Bertz CT molecular complexity index is 1040. The van der Waals surface area contributed by atoms with Gasteiger partial charge in [-0.1, -0.05) is 30.6 Å². The smallest absolute Gasteiger partial charge is 0.257 e. The van der Waals surface area contributed by atoms with Crippen LogP contribution in [0.25, 0.3) is 11.5 Å². The van der Waals surface area contributed by atoms with E-state index in [2.05, 4.69) is 17.1 Å². The highest BCUT2D eigenvalue weighted by atomic mass is 16.5. The van der Waals surface area contributed by atoms with Gasteiger partial charge < -0.3 is 18.9 Å². The third kappa shape index (κ3) is 5.92. The first-order chi connectivity index (χ1) is 16.0. The molecule has 3 aromatic rings. The van der Waals surface area contributed by atoms with Crippen LogP contribution < -0.4 is 9.47 Å². The van der Waals surface area contributed by atoms with Crippen LogP contribution in [0.2, 0.25) is 0 Å². The highest BCUT2D eigenvalue weighted by Crippen LogP contribution is 2.30. The van der Waals surface area contributed by atoms with E-state index in [0.717, 1.165) is 35.5 Å². The Morgan fingerprint density at radius 3 is 2.52 bits per heavy atom. The Labute approximate surface area is 194 Å². The lowest BCUT2D eigenvalue weighted by molar-refractivity contribution is -0.128. The van der Waals surface area contributed by atoms with Gasteiger partial charge in [-0.15, -0.1) is 0 Å². The predicted molar refractivity (Wildman–Crippen MR) is 125 cm³/mol. The molecule has 0 N–H and O–H groups in total. The molecule has 7 heteroatoms. The molecule has 2 heterocycles. The van der Waals surface area contributed by atoms with Crippen molar-refractivity contribution in [3.05, 3.63) is 59.9 Å². The van der Waals surface area contributed by atoms with Crippen molar-refractivity contribution in [2.45, 2.75) is 58.6 Å². The van der Waals surface area contributed by atoms with Crippen molar-refractivity contribution in [1.29, 1.82) is 0 Å². The summed E-state index contributed by atoms with van der Waals surface area (Å²) >= 11 is 0. The van der Waals surface area contributed by atoms with Crippen molar-refractivity contribution in [3.8, 4) is 23.0 Å². The molecule has 2 aromatic carbocycles. The number of ether oxygens (including phenoxy) is 2. The van der Waals surface area contributed by atoms with Crippen molar-refractivity contribution >= 4 is 5.91 Å². The molecule has 0 aliphatic carbocycles. The lowest BCUT2D eigenvalue weighted by Crippen LogP contribution is -2.24. The van der Waals surface area contributed by atoms with Crippen LogP contribution in [0.3, 0.4) is 0 Å². The standard InChI is InChI=1S/C26H31N3O4/c1-4-5-14-31-22-12-8-20(9-13-22)26-27-25(28-33-26)21-15-24(30)29(17-21)16-19-6-10-23(11-7-19)32-18(2)3/h6-13,18,21H,4-5,14-17H2,1-3H3. The Morgan fingerprint density at radius 1 is 1.09 bits per heavy atom. The molecule has 1 aliphatic rings. The van der Waals surface area contributed by atoms with Crippen molar-refractivity contribution in [2.24, 2.45) is 0 Å². The van der Waals surface area contributed by atoms with Crippen LogP contribution in [0.4, 0.5) is 0 Å².